The number of hydrogen-bond donors (Lipinski definition) is 2. The third-order valence-electron chi connectivity index (χ3n) is 3.73. The summed E-state index contributed by atoms with van der Waals surface area (Å²) in [6.45, 7) is 4.89. The van der Waals surface area contributed by atoms with Crippen LogP contribution in [0.3, 0.4) is 0 Å². The Morgan fingerprint density at radius 2 is 2.25 bits per heavy atom. The quantitative estimate of drug-likeness (QED) is 0.827. The Hall–Kier alpha value is -0.450. The van der Waals surface area contributed by atoms with E-state index in [0.717, 1.165) is 25.3 Å². The van der Waals surface area contributed by atoms with Gasteiger partial charge in [-0.05, 0) is 31.7 Å². The van der Waals surface area contributed by atoms with E-state index in [9.17, 15) is 0 Å². The van der Waals surface area contributed by atoms with Gasteiger partial charge in [0.05, 0.1) is 11.2 Å². The lowest BCUT2D eigenvalue weighted by Crippen LogP contribution is -2.38. The average molecular weight is 239 g/mol. The van der Waals surface area contributed by atoms with Crippen molar-refractivity contribution in [3.8, 4) is 0 Å². The maximum atomic E-state index is 5.91. The molecule has 1 saturated carbocycles. The Morgan fingerprint density at radius 1 is 1.50 bits per heavy atom. The molecule has 1 fully saturated rings. The van der Waals surface area contributed by atoms with Gasteiger partial charge in [0.15, 0.2) is 0 Å². The van der Waals surface area contributed by atoms with Gasteiger partial charge in [-0.25, -0.2) is 4.98 Å². The number of thiazole rings is 1. The highest BCUT2D eigenvalue weighted by Gasteiger charge is 2.31. The predicted octanol–water partition coefficient (Wildman–Crippen LogP) is 2.06. The first kappa shape index (κ1) is 12.0. The Kier molecular flexibility index (Phi) is 3.95. The summed E-state index contributed by atoms with van der Waals surface area (Å²) < 4.78 is 0. The van der Waals surface area contributed by atoms with E-state index >= 15 is 0 Å². The molecule has 3 nitrogen and oxygen atoms in total. The van der Waals surface area contributed by atoms with Crippen molar-refractivity contribution >= 4 is 11.3 Å². The lowest BCUT2D eigenvalue weighted by atomic mass is 9.86. The highest BCUT2D eigenvalue weighted by Crippen LogP contribution is 2.36. The van der Waals surface area contributed by atoms with Crippen LogP contribution in [0.1, 0.15) is 36.3 Å². The number of nitrogens with one attached hydrogen (secondary N) is 1. The third kappa shape index (κ3) is 2.62. The Labute approximate surface area is 101 Å². The molecule has 16 heavy (non-hydrogen) atoms. The van der Waals surface area contributed by atoms with Crippen LogP contribution >= 0.6 is 11.3 Å². The lowest BCUT2D eigenvalue weighted by molar-refractivity contribution is 0.290. The van der Waals surface area contributed by atoms with Crippen LogP contribution < -0.4 is 11.1 Å². The summed E-state index contributed by atoms with van der Waals surface area (Å²) in [4.78, 5) is 5.61. The van der Waals surface area contributed by atoms with E-state index in [4.69, 9.17) is 5.73 Å². The molecule has 1 aromatic heterocycles. The summed E-state index contributed by atoms with van der Waals surface area (Å²) in [5.74, 6) is 0. The second kappa shape index (κ2) is 5.25. The number of aromatic nitrogens is 1. The normalized spacial score (nSPS) is 19.1. The van der Waals surface area contributed by atoms with Gasteiger partial charge >= 0.3 is 0 Å². The molecule has 90 valence electrons. The van der Waals surface area contributed by atoms with E-state index in [2.05, 4.69) is 17.2 Å². The molecule has 0 atom stereocenters. The SMILES string of the molecule is Cc1ncsc1CNCC1(CN)CCCC1. The van der Waals surface area contributed by atoms with Crippen LogP contribution in [0.4, 0.5) is 0 Å². The first-order valence-corrected chi connectivity index (χ1v) is 6.93. The number of aryl methyl sites for hydroxylation is 1. The van der Waals surface area contributed by atoms with E-state index in [-0.39, 0.29) is 0 Å². The molecule has 1 aliphatic carbocycles. The van der Waals surface area contributed by atoms with E-state index in [1.165, 1.54) is 30.6 Å². The van der Waals surface area contributed by atoms with Crippen LogP contribution in [0, 0.1) is 12.3 Å². The summed E-state index contributed by atoms with van der Waals surface area (Å²) in [5.41, 5.74) is 9.36. The highest BCUT2D eigenvalue weighted by atomic mass is 32.1. The monoisotopic (exact) mass is 239 g/mol. The van der Waals surface area contributed by atoms with Crippen LogP contribution in [0.15, 0.2) is 5.51 Å². The molecule has 0 spiro atoms. The van der Waals surface area contributed by atoms with Crippen molar-refractivity contribution in [2.75, 3.05) is 13.1 Å². The van der Waals surface area contributed by atoms with Gasteiger partial charge in [0, 0.05) is 18.0 Å². The fraction of sp³-hybridized carbons (Fsp3) is 0.750. The molecule has 4 heteroatoms. The van der Waals surface area contributed by atoms with Crippen LogP contribution in [0.2, 0.25) is 0 Å². The molecule has 1 aliphatic rings. The van der Waals surface area contributed by atoms with Gasteiger partial charge < -0.3 is 11.1 Å². The Balaban J connectivity index is 1.81. The van der Waals surface area contributed by atoms with Crippen molar-refractivity contribution in [2.24, 2.45) is 11.1 Å². The van der Waals surface area contributed by atoms with Crippen molar-refractivity contribution in [3.05, 3.63) is 16.1 Å². The van der Waals surface area contributed by atoms with Crippen molar-refractivity contribution in [3.63, 3.8) is 0 Å². The second-order valence-electron chi connectivity index (χ2n) is 4.88. The Bertz CT molecular complexity index is 329. The number of hydrogen-bond acceptors (Lipinski definition) is 4. The zero-order chi connectivity index (χ0) is 11.4. The van der Waals surface area contributed by atoms with Crippen molar-refractivity contribution < 1.29 is 0 Å². The highest BCUT2D eigenvalue weighted by molar-refractivity contribution is 7.09. The van der Waals surface area contributed by atoms with Gasteiger partial charge in [-0.2, -0.15) is 0 Å². The van der Waals surface area contributed by atoms with E-state index in [1.807, 2.05) is 5.51 Å². The van der Waals surface area contributed by atoms with Gasteiger partial charge in [-0.3, -0.25) is 0 Å². The summed E-state index contributed by atoms with van der Waals surface area (Å²) in [6.07, 6.45) is 5.27. The summed E-state index contributed by atoms with van der Waals surface area (Å²) >= 11 is 1.73. The minimum atomic E-state index is 0.374. The number of rotatable bonds is 5. The minimum absolute atomic E-state index is 0.374. The fourth-order valence-corrected chi connectivity index (χ4v) is 3.26. The molecular formula is C12H21N3S. The molecule has 1 aromatic rings. The largest absolute Gasteiger partial charge is 0.330 e. The third-order valence-corrected chi connectivity index (χ3v) is 4.66. The summed E-state index contributed by atoms with van der Waals surface area (Å²) in [5, 5.41) is 3.55. The zero-order valence-corrected chi connectivity index (χ0v) is 10.8. The van der Waals surface area contributed by atoms with Gasteiger partial charge in [0.2, 0.25) is 0 Å². The lowest BCUT2D eigenvalue weighted by Gasteiger charge is -2.27. The van der Waals surface area contributed by atoms with Crippen molar-refractivity contribution in [2.45, 2.75) is 39.2 Å². The number of nitrogens with two attached hydrogens (primary N) is 1. The maximum absolute atomic E-state index is 5.91. The molecular weight excluding hydrogens is 218 g/mol. The molecule has 3 N–H and O–H groups in total. The maximum Gasteiger partial charge on any atom is 0.0798 e. The van der Waals surface area contributed by atoms with E-state index in [1.54, 1.807) is 11.3 Å². The van der Waals surface area contributed by atoms with Gasteiger partial charge in [0.1, 0.15) is 0 Å². The first-order valence-electron chi connectivity index (χ1n) is 6.05. The summed E-state index contributed by atoms with van der Waals surface area (Å²) in [7, 11) is 0. The smallest absolute Gasteiger partial charge is 0.0798 e. The summed E-state index contributed by atoms with van der Waals surface area (Å²) in [6, 6.07) is 0. The first-order chi connectivity index (χ1) is 7.76. The Morgan fingerprint density at radius 3 is 2.81 bits per heavy atom. The van der Waals surface area contributed by atoms with Gasteiger partial charge in [-0.15, -0.1) is 11.3 Å². The standard InChI is InChI=1S/C12H21N3S/c1-10-11(16-9-15-10)6-14-8-12(7-13)4-2-3-5-12/h9,14H,2-8,13H2,1H3. The van der Waals surface area contributed by atoms with Gasteiger partial charge in [0.25, 0.3) is 0 Å². The molecule has 0 aliphatic heterocycles. The topological polar surface area (TPSA) is 50.9 Å². The zero-order valence-electron chi connectivity index (χ0n) is 9.96. The van der Waals surface area contributed by atoms with Crippen LogP contribution in [-0.2, 0) is 6.54 Å². The van der Waals surface area contributed by atoms with E-state index in [0.29, 0.717) is 5.41 Å². The molecule has 0 saturated heterocycles. The van der Waals surface area contributed by atoms with E-state index < -0.39 is 0 Å². The molecule has 2 rings (SSSR count). The van der Waals surface area contributed by atoms with Crippen molar-refractivity contribution in [1.29, 1.82) is 0 Å². The predicted molar refractivity (Wildman–Crippen MR) is 68.5 cm³/mol. The van der Waals surface area contributed by atoms with Gasteiger partial charge in [-0.1, -0.05) is 12.8 Å². The molecule has 0 radical (unpaired) electrons. The number of nitrogens with zero attached hydrogens (tertiary/aromatic N) is 1. The molecule has 0 bridgehead atoms. The van der Waals surface area contributed by atoms with Crippen molar-refractivity contribution in [1.82, 2.24) is 10.3 Å². The second-order valence-corrected chi connectivity index (χ2v) is 5.82. The average Bonchev–Trinajstić information content (AvgIpc) is 2.90. The fourth-order valence-electron chi connectivity index (χ4n) is 2.52. The molecule has 0 amide bonds. The molecule has 1 heterocycles. The molecule has 0 unspecified atom stereocenters. The minimum Gasteiger partial charge on any atom is -0.330 e. The van der Waals surface area contributed by atoms with Crippen LogP contribution in [0.25, 0.3) is 0 Å². The van der Waals surface area contributed by atoms with Crippen LogP contribution in [0.5, 0.6) is 0 Å². The van der Waals surface area contributed by atoms with Crippen LogP contribution in [-0.4, -0.2) is 18.1 Å². The molecule has 0 aromatic carbocycles.